The number of nitrogens with one attached hydrogen (secondary N) is 1. The van der Waals surface area contributed by atoms with Crippen LogP contribution < -0.4 is 5.32 Å². The molecule has 0 spiro atoms. The van der Waals surface area contributed by atoms with E-state index in [1.807, 2.05) is 0 Å². The third kappa shape index (κ3) is 5.56. The van der Waals surface area contributed by atoms with Crippen LogP contribution in [0.4, 0.5) is 5.69 Å². The van der Waals surface area contributed by atoms with Crippen LogP contribution in [-0.4, -0.2) is 49.3 Å². The van der Waals surface area contributed by atoms with Crippen LogP contribution in [-0.2, 0) is 19.6 Å². The predicted octanol–water partition coefficient (Wildman–Crippen LogP) is 3.10. The molecule has 1 aliphatic rings. The second-order valence-electron chi connectivity index (χ2n) is 6.81. The molecule has 2 heterocycles. The van der Waals surface area contributed by atoms with E-state index in [1.54, 1.807) is 12.1 Å². The first-order valence-electron chi connectivity index (χ1n) is 9.55. The molecule has 1 saturated heterocycles. The van der Waals surface area contributed by atoms with Crippen LogP contribution in [0.25, 0.3) is 0 Å². The summed E-state index contributed by atoms with van der Waals surface area (Å²) in [5, 5.41) is 2.60. The highest BCUT2D eigenvalue weighted by Crippen LogP contribution is 2.21. The quantitative estimate of drug-likeness (QED) is 0.534. The van der Waals surface area contributed by atoms with E-state index >= 15 is 0 Å². The number of aromatic nitrogens is 1. The molecule has 30 heavy (non-hydrogen) atoms. The van der Waals surface area contributed by atoms with Gasteiger partial charge in [0.1, 0.15) is 0 Å². The number of hydrogen-bond donors (Lipinski definition) is 1. The summed E-state index contributed by atoms with van der Waals surface area (Å²) in [6.45, 7) is 0.384. The Balaban J connectivity index is 1.64. The largest absolute Gasteiger partial charge is 0.452 e. The second-order valence-corrected chi connectivity index (χ2v) is 9.11. The van der Waals surface area contributed by atoms with Crippen molar-refractivity contribution in [3.63, 3.8) is 0 Å². The number of benzene rings is 1. The highest BCUT2D eigenvalue weighted by Gasteiger charge is 2.26. The van der Waals surface area contributed by atoms with E-state index in [0.29, 0.717) is 18.8 Å². The highest BCUT2D eigenvalue weighted by atomic mass is 35.5. The molecule has 0 aliphatic carbocycles. The molecule has 160 valence electrons. The van der Waals surface area contributed by atoms with Gasteiger partial charge in [-0.3, -0.25) is 4.79 Å². The van der Waals surface area contributed by atoms with Crippen molar-refractivity contribution in [2.45, 2.75) is 30.6 Å². The highest BCUT2D eigenvalue weighted by molar-refractivity contribution is 7.89. The third-order valence-electron chi connectivity index (χ3n) is 4.64. The Morgan fingerprint density at radius 2 is 1.83 bits per heavy atom. The van der Waals surface area contributed by atoms with Crippen molar-refractivity contribution in [3.05, 3.63) is 53.3 Å². The number of sulfonamides is 1. The van der Waals surface area contributed by atoms with Crippen molar-refractivity contribution in [3.8, 4) is 0 Å². The van der Waals surface area contributed by atoms with Crippen molar-refractivity contribution in [1.82, 2.24) is 9.29 Å². The zero-order valence-corrected chi connectivity index (χ0v) is 17.8. The summed E-state index contributed by atoms with van der Waals surface area (Å²) >= 11 is 5.87. The van der Waals surface area contributed by atoms with E-state index < -0.39 is 28.5 Å². The van der Waals surface area contributed by atoms with Crippen LogP contribution in [0.5, 0.6) is 0 Å². The topological polar surface area (TPSA) is 106 Å². The summed E-state index contributed by atoms with van der Waals surface area (Å²) in [5.41, 5.74) is 0.351. The Kier molecular flexibility index (Phi) is 7.41. The summed E-state index contributed by atoms with van der Waals surface area (Å²) in [6.07, 6.45) is 5.12. The first-order chi connectivity index (χ1) is 14.4. The first kappa shape index (κ1) is 22.2. The maximum absolute atomic E-state index is 12.9. The van der Waals surface area contributed by atoms with Crippen LogP contribution in [0.2, 0.25) is 5.15 Å². The van der Waals surface area contributed by atoms with Gasteiger partial charge in [-0.1, -0.05) is 30.5 Å². The minimum Gasteiger partial charge on any atom is -0.452 e. The molecule has 0 saturated carbocycles. The Labute approximate surface area is 180 Å². The van der Waals surface area contributed by atoms with E-state index in [1.165, 1.54) is 34.8 Å². The molecule has 1 aliphatic heterocycles. The van der Waals surface area contributed by atoms with Gasteiger partial charge in [-0.15, -0.1) is 0 Å². The van der Waals surface area contributed by atoms with Gasteiger partial charge < -0.3 is 10.1 Å². The number of hydrogen-bond acceptors (Lipinski definition) is 6. The molecular weight excluding hydrogens is 430 g/mol. The minimum absolute atomic E-state index is 0.0328. The fourth-order valence-corrected chi connectivity index (χ4v) is 4.82. The molecule has 10 heteroatoms. The molecule has 1 fully saturated rings. The van der Waals surface area contributed by atoms with Gasteiger partial charge >= 0.3 is 5.97 Å². The molecule has 0 unspecified atom stereocenters. The smallest absolute Gasteiger partial charge is 0.338 e. The van der Waals surface area contributed by atoms with Gasteiger partial charge in [-0.25, -0.2) is 18.2 Å². The lowest BCUT2D eigenvalue weighted by molar-refractivity contribution is -0.119. The molecule has 0 radical (unpaired) electrons. The number of amides is 1. The van der Waals surface area contributed by atoms with Gasteiger partial charge in [0, 0.05) is 19.3 Å². The number of carbonyl (C=O) groups excluding carboxylic acids is 2. The number of pyridine rings is 1. The lowest BCUT2D eigenvalue weighted by Crippen LogP contribution is -2.32. The van der Waals surface area contributed by atoms with Gasteiger partial charge in [0.25, 0.3) is 5.91 Å². The summed E-state index contributed by atoms with van der Waals surface area (Å²) in [6, 6.07) is 8.82. The average molecular weight is 452 g/mol. The molecule has 1 aromatic carbocycles. The summed E-state index contributed by atoms with van der Waals surface area (Å²) in [5.74, 6) is -1.39. The van der Waals surface area contributed by atoms with E-state index in [2.05, 4.69) is 10.3 Å². The number of esters is 1. The zero-order chi connectivity index (χ0) is 21.6. The predicted molar refractivity (Wildman–Crippen MR) is 112 cm³/mol. The third-order valence-corrected chi connectivity index (χ3v) is 6.84. The maximum atomic E-state index is 12.9. The Bertz CT molecular complexity index is 1020. The average Bonchev–Trinajstić information content (AvgIpc) is 3.04. The number of ether oxygens (including phenoxy) is 1. The zero-order valence-electron chi connectivity index (χ0n) is 16.2. The van der Waals surface area contributed by atoms with Crippen LogP contribution >= 0.6 is 11.6 Å². The second kappa shape index (κ2) is 10.0. The van der Waals surface area contributed by atoms with Crippen LogP contribution in [0.1, 0.15) is 36.0 Å². The maximum Gasteiger partial charge on any atom is 0.338 e. The van der Waals surface area contributed by atoms with Gasteiger partial charge in [-0.05, 0) is 43.2 Å². The molecule has 0 atom stereocenters. The van der Waals surface area contributed by atoms with Crippen LogP contribution in [0.15, 0.2) is 47.5 Å². The summed E-state index contributed by atoms with van der Waals surface area (Å²) in [7, 11) is -3.69. The van der Waals surface area contributed by atoms with Crippen molar-refractivity contribution in [2.75, 3.05) is 25.0 Å². The normalized spacial score (nSPS) is 15.2. The molecular formula is C20H22ClN3O5S. The van der Waals surface area contributed by atoms with E-state index in [4.69, 9.17) is 16.3 Å². The summed E-state index contributed by atoms with van der Waals surface area (Å²) in [4.78, 5) is 28.2. The van der Waals surface area contributed by atoms with Gasteiger partial charge in [0.15, 0.2) is 11.8 Å². The lowest BCUT2D eigenvalue weighted by Gasteiger charge is -2.20. The van der Waals surface area contributed by atoms with Crippen LogP contribution in [0, 0.1) is 0 Å². The monoisotopic (exact) mass is 451 g/mol. The van der Waals surface area contributed by atoms with Gasteiger partial charge in [-0.2, -0.15) is 4.31 Å². The molecule has 1 N–H and O–H groups in total. The number of carbonyl (C=O) groups is 2. The first-order valence-corrected chi connectivity index (χ1v) is 11.4. The molecule has 0 bridgehead atoms. The number of halogens is 1. The molecule has 3 rings (SSSR count). The summed E-state index contributed by atoms with van der Waals surface area (Å²) < 4.78 is 32.3. The molecule has 1 amide bonds. The van der Waals surface area contributed by atoms with E-state index in [9.17, 15) is 18.0 Å². The van der Waals surface area contributed by atoms with E-state index in [-0.39, 0.29) is 15.6 Å². The Morgan fingerprint density at radius 1 is 1.10 bits per heavy atom. The minimum atomic E-state index is -3.69. The molecule has 8 nitrogen and oxygen atoms in total. The van der Waals surface area contributed by atoms with Gasteiger partial charge in [0.05, 0.1) is 16.1 Å². The fourth-order valence-electron chi connectivity index (χ4n) is 3.09. The van der Waals surface area contributed by atoms with Crippen molar-refractivity contribution < 1.29 is 22.7 Å². The number of rotatable bonds is 6. The Hall–Kier alpha value is -2.49. The number of anilines is 1. The van der Waals surface area contributed by atoms with Crippen molar-refractivity contribution in [2.24, 2.45) is 0 Å². The molecule has 1 aromatic heterocycles. The standard InChI is InChI=1S/C20H22ClN3O5S/c21-19-17(9-6-10-22-19)23-18(25)14-29-20(26)15-7-5-8-16(13-15)30(27,28)24-11-3-1-2-4-12-24/h5-10,13H,1-4,11-12,14H2,(H,23,25). The Morgan fingerprint density at radius 3 is 2.53 bits per heavy atom. The SMILES string of the molecule is O=C(COC(=O)c1cccc(S(=O)(=O)N2CCCCCC2)c1)Nc1cccnc1Cl. The van der Waals surface area contributed by atoms with Crippen LogP contribution in [0.3, 0.4) is 0 Å². The van der Waals surface area contributed by atoms with Crippen molar-refractivity contribution in [1.29, 1.82) is 0 Å². The van der Waals surface area contributed by atoms with Crippen molar-refractivity contribution >= 4 is 39.2 Å². The molecule has 2 aromatic rings. The number of nitrogens with zero attached hydrogens (tertiary/aromatic N) is 2. The lowest BCUT2D eigenvalue weighted by atomic mass is 10.2. The van der Waals surface area contributed by atoms with E-state index in [0.717, 1.165) is 25.7 Å². The fraction of sp³-hybridized carbons (Fsp3) is 0.350. The van der Waals surface area contributed by atoms with Gasteiger partial charge in [0.2, 0.25) is 10.0 Å².